The van der Waals surface area contributed by atoms with Crippen LogP contribution in [0.15, 0.2) is 30.5 Å². The lowest BCUT2D eigenvalue weighted by Gasteiger charge is -2.27. The second-order valence-electron chi connectivity index (χ2n) is 6.21. The predicted molar refractivity (Wildman–Crippen MR) is 91.5 cm³/mol. The molecule has 0 atom stereocenters. The smallest absolute Gasteiger partial charge is 0.452 e. The van der Waals surface area contributed by atoms with Crippen LogP contribution in [0.5, 0.6) is 17.2 Å². The van der Waals surface area contributed by atoms with Crippen molar-refractivity contribution >= 4 is 11.8 Å². The van der Waals surface area contributed by atoms with E-state index in [4.69, 9.17) is 10.5 Å². The van der Waals surface area contributed by atoms with Crippen LogP contribution in [-0.4, -0.2) is 33.6 Å². The van der Waals surface area contributed by atoms with Crippen molar-refractivity contribution in [3.8, 4) is 17.2 Å². The van der Waals surface area contributed by atoms with Crippen molar-refractivity contribution in [2.45, 2.75) is 44.2 Å². The number of aliphatic hydroxyl groups excluding tert-OH is 1. The highest BCUT2D eigenvalue weighted by Gasteiger charge is 2.31. The fraction of sp³-hybridized carbons (Fsp3) is 0.412. The summed E-state index contributed by atoms with van der Waals surface area (Å²) >= 11 is 0. The first-order valence-corrected chi connectivity index (χ1v) is 8.39. The van der Waals surface area contributed by atoms with Gasteiger partial charge in [0.15, 0.2) is 11.6 Å². The fourth-order valence-corrected chi connectivity index (χ4v) is 2.81. The van der Waals surface area contributed by atoms with Crippen LogP contribution >= 0.6 is 0 Å². The molecule has 146 valence electrons. The van der Waals surface area contributed by atoms with Gasteiger partial charge in [-0.15, -0.1) is 13.2 Å². The molecule has 1 aromatic heterocycles. The van der Waals surface area contributed by atoms with Crippen molar-refractivity contribution in [2.24, 2.45) is 0 Å². The minimum Gasteiger partial charge on any atom is -0.452 e. The maximum atomic E-state index is 12.2. The highest BCUT2D eigenvalue weighted by Crippen LogP contribution is 2.32. The number of ether oxygens (including phenoxy) is 2. The van der Waals surface area contributed by atoms with Crippen LogP contribution in [0.4, 0.5) is 24.9 Å². The van der Waals surface area contributed by atoms with Crippen LogP contribution in [0, 0.1) is 0 Å². The third-order valence-corrected chi connectivity index (χ3v) is 4.10. The number of anilines is 2. The summed E-state index contributed by atoms with van der Waals surface area (Å²) in [4.78, 5) is 8.04. The number of halogens is 3. The molecule has 1 aliphatic rings. The molecule has 27 heavy (non-hydrogen) atoms. The summed E-state index contributed by atoms with van der Waals surface area (Å²) in [5.74, 6) is 0.691. The van der Waals surface area contributed by atoms with Crippen LogP contribution in [-0.2, 0) is 0 Å². The topological polar surface area (TPSA) is 103 Å². The molecule has 0 amide bonds. The van der Waals surface area contributed by atoms with E-state index in [-0.39, 0.29) is 23.8 Å². The van der Waals surface area contributed by atoms with Crippen molar-refractivity contribution in [1.82, 2.24) is 9.97 Å². The molecular weight excluding hydrogens is 365 g/mol. The van der Waals surface area contributed by atoms with Crippen LogP contribution < -0.4 is 20.5 Å². The monoisotopic (exact) mass is 384 g/mol. The van der Waals surface area contributed by atoms with E-state index in [0.29, 0.717) is 30.2 Å². The van der Waals surface area contributed by atoms with Gasteiger partial charge in [0.05, 0.1) is 12.3 Å². The van der Waals surface area contributed by atoms with Gasteiger partial charge in [-0.05, 0) is 49.9 Å². The average Bonchev–Trinajstić information content (AvgIpc) is 2.60. The molecule has 7 nitrogen and oxygen atoms in total. The Bertz CT molecular complexity index is 763. The molecule has 2 aromatic rings. The zero-order valence-electron chi connectivity index (χ0n) is 14.2. The van der Waals surface area contributed by atoms with E-state index in [9.17, 15) is 18.3 Å². The maximum absolute atomic E-state index is 12.2. The summed E-state index contributed by atoms with van der Waals surface area (Å²) in [7, 11) is 0. The maximum Gasteiger partial charge on any atom is 0.573 e. The number of aliphatic hydroxyl groups is 1. The fourth-order valence-electron chi connectivity index (χ4n) is 2.81. The van der Waals surface area contributed by atoms with Crippen molar-refractivity contribution in [1.29, 1.82) is 0 Å². The molecule has 1 saturated carbocycles. The first-order valence-electron chi connectivity index (χ1n) is 8.39. The lowest BCUT2D eigenvalue weighted by Crippen LogP contribution is -2.28. The highest BCUT2D eigenvalue weighted by molar-refractivity contribution is 5.53. The van der Waals surface area contributed by atoms with E-state index in [2.05, 4.69) is 20.0 Å². The van der Waals surface area contributed by atoms with Gasteiger partial charge in [0.1, 0.15) is 11.5 Å². The highest BCUT2D eigenvalue weighted by atomic mass is 19.4. The largest absolute Gasteiger partial charge is 0.573 e. The second-order valence-corrected chi connectivity index (χ2v) is 6.21. The average molecular weight is 384 g/mol. The van der Waals surface area contributed by atoms with Crippen molar-refractivity contribution < 1.29 is 27.8 Å². The molecule has 1 aromatic carbocycles. The van der Waals surface area contributed by atoms with E-state index in [1.165, 1.54) is 18.3 Å². The quantitative estimate of drug-likeness (QED) is 0.725. The number of hydrogen-bond donors (Lipinski definition) is 3. The summed E-state index contributed by atoms with van der Waals surface area (Å²) in [6, 6.07) is 5.09. The zero-order chi connectivity index (χ0) is 19.4. The Hall–Kier alpha value is -2.75. The van der Waals surface area contributed by atoms with Crippen molar-refractivity contribution in [3.05, 3.63) is 30.5 Å². The number of rotatable bonds is 5. The first kappa shape index (κ1) is 19.0. The normalized spacial score (nSPS) is 20.1. The molecule has 0 spiro atoms. The Morgan fingerprint density at radius 3 is 2.33 bits per heavy atom. The van der Waals surface area contributed by atoms with Crippen LogP contribution in [0.1, 0.15) is 25.7 Å². The third-order valence-electron chi connectivity index (χ3n) is 4.10. The minimum atomic E-state index is -4.75. The number of aromatic nitrogens is 2. The second kappa shape index (κ2) is 7.87. The molecule has 0 aliphatic heterocycles. The van der Waals surface area contributed by atoms with E-state index in [1.54, 1.807) is 0 Å². The molecule has 0 unspecified atom stereocenters. The molecule has 10 heteroatoms. The Morgan fingerprint density at radius 1 is 1.07 bits per heavy atom. The van der Waals surface area contributed by atoms with Crippen LogP contribution in [0.25, 0.3) is 0 Å². The summed E-state index contributed by atoms with van der Waals surface area (Å²) in [6.07, 6.45) is -0.724. The van der Waals surface area contributed by atoms with Gasteiger partial charge in [-0.1, -0.05) is 0 Å². The summed E-state index contributed by atoms with van der Waals surface area (Å²) < 4.78 is 46.2. The van der Waals surface area contributed by atoms with Crippen molar-refractivity contribution in [2.75, 3.05) is 11.1 Å². The van der Waals surface area contributed by atoms with E-state index in [0.717, 1.165) is 25.0 Å². The molecule has 0 saturated heterocycles. The van der Waals surface area contributed by atoms with Crippen LogP contribution in [0.2, 0.25) is 0 Å². The standard InChI is InChI=1S/C17H19F3N4O3/c18-17(19,20)27-13-7-5-12(6-8-13)26-14-9-22-16(21)24-15(14)23-10-1-3-11(25)4-2-10/h5-11,25H,1-4H2,(H3,21,22,23,24). The van der Waals surface area contributed by atoms with Crippen LogP contribution in [0.3, 0.4) is 0 Å². The SMILES string of the molecule is Nc1ncc(Oc2ccc(OC(F)(F)F)cc2)c(NC2CCC(O)CC2)n1. The molecule has 3 rings (SSSR count). The van der Waals surface area contributed by atoms with E-state index < -0.39 is 6.36 Å². The van der Waals surface area contributed by atoms with E-state index >= 15 is 0 Å². The minimum absolute atomic E-state index is 0.0645. The van der Waals surface area contributed by atoms with Gasteiger partial charge in [-0.25, -0.2) is 4.98 Å². The summed E-state index contributed by atoms with van der Waals surface area (Å²) in [6.45, 7) is 0. The van der Waals surface area contributed by atoms with Gasteiger partial charge >= 0.3 is 6.36 Å². The van der Waals surface area contributed by atoms with Gasteiger partial charge in [-0.2, -0.15) is 4.98 Å². The van der Waals surface area contributed by atoms with Gasteiger partial charge in [0, 0.05) is 6.04 Å². The predicted octanol–water partition coefficient (Wildman–Crippen LogP) is 3.47. The molecule has 1 heterocycles. The number of nitrogen functional groups attached to an aromatic ring is 1. The van der Waals surface area contributed by atoms with Gasteiger partial charge in [0.25, 0.3) is 0 Å². The number of nitrogens with zero attached hydrogens (tertiary/aromatic N) is 2. The molecule has 4 N–H and O–H groups in total. The summed E-state index contributed by atoms with van der Waals surface area (Å²) in [5.41, 5.74) is 5.65. The Labute approximate surface area is 153 Å². The summed E-state index contributed by atoms with van der Waals surface area (Å²) in [5, 5.41) is 12.8. The Kier molecular flexibility index (Phi) is 5.54. The lowest BCUT2D eigenvalue weighted by molar-refractivity contribution is -0.274. The Balaban J connectivity index is 1.71. The number of benzene rings is 1. The zero-order valence-corrected chi connectivity index (χ0v) is 14.2. The number of hydrogen-bond acceptors (Lipinski definition) is 7. The molecule has 0 bridgehead atoms. The lowest BCUT2D eigenvalue weighted by atomic mass is 9.93. The van der Waals surface area contributed by atoms with Gasteiger partial charge < -0.3 is 25.6 Å². The molecule has 1 fully saturated rings. The third kappa shape index (κ3) is 5.61. The van der Waals surface area contributed by atoms with E-state index in [1.807, 2.05) is 0 Å². The molecule has 0 radical (unpaired) electrons. The number of nitrogens with two attached hydrogens (primary N) is 1. The number of nitrogens with one attached hydrogen (secondary N) is 1. The molecular formula is C17H19F3N4O3. The Morgan fingerprint density at radius 2 is 1.70 bits per heavy atom. The van der Waals surface area contributed by atoms with Crippen molar-refractivity contribution in [3.63, 3.8) is 0 Å². The molecule has 1 aliphatic carbocycles. The number of alkyl halides is 3. The van der Waals surface area contributed by atoms with Gasteiger partial charge in [-0.3, -0.25) is 0 Å². The first-order chi connectivity index (χ1) is 12.8. The van der Waals surface area contributed by atoms with Gasteiger partial charge in [0.2, 0.25) is 5.95 Å².